The van der Waals surface area contributed by atoms with Gasteiger partial charge in [0, 0.05) is 13.1 Å². The number of fused-ring (bicyclic) bond motifs is 1. The molecule has 114 valence electrons. The Morgan fingerprint density at radius 3 is 2.90 bits per heavy atom. The van der Waals surface area contributed by atoms with Crippen LogP contribution >= 0.6 is 11.3 Å². The first-order valence-electron chi connectivity index (χ1n) is 7.94. The van der Waals surface area contributed by atoms with Crippen molar-refractivity contribution in [2.45, 2.75) is 33.1 Å². The molecule has 0 spiro atoms. The van der Waals surface area contributed by atoms with Crippen molar-refractivity contribution in [3.63, 3.8) is 0 Å². The van der Waals surface area contributed by atoms with Gasteiger partial charge in [0.05, 0.1) is 10.2 Å². The molecule has 1 fully saturated rings. The van der Waals surface area contributed by atoms with E-state index in [4.69, 9.17) is 0 Å². The minimum atomic E-state index is 0.815. The molecule has 21 heavy (non-hydrogen) atoms. The van der Waals surface area contributed by atoms with Crippen LogP contribution in [0.2, 0.25) is 0 Å². The van der Waals surface area contributed by atoms with Crippen LogP contribution < -0.4 is 10.2 Å². The lowest BCUT2D eigenvalue weighted by atomic mass is 9.97. The Morgan fingerprint density at radius 2 is 2.14 bits per heavy atom. The molecule has 4 nitrogen and oxygen atoms in total. The number of piperidine rings is 1. The summed E-state index contributed by atoms with van der Waals surface area (Å²) in [7, 11) is 0. The number of aryl methyl sites for hydroxylation is 1. The maximum Gasteiger partial charge on any atom is 0.150 e. The number of rotatable bonds is 5. The van der Waals surface area contributed by atoms with Crippen LogP contribution in [0.4, 0.5) is 5.82 Å². The molecule has 5 heteroatoms. The monoisotopic (exact) mass is 304 g/mol. The number of thiophene rings is 1. The molecule has 3 rings (SSSR count). The van der Waals surface area contributed by atoms with Crippen molar-refractivity contribution in [2.24, 2.45) is 5.92 Å². The lowest BCUT2D eigenvalue weighted by Crippen LogP contribution is -2.37. The maximum absolute atomic E-state index is 4.55. The third-order valence-electron chi connectivity index (χ3n) is 4.29. The molecule has 1 saturated heterocycles. The highest BCUT2D eigenvalue weighted by atomic mass is 32.1. The molecule has 3 heterocycles. The Hall–Kier alpha value is -1.20. The third-order valence-corrected chi connectivity index (χ3v) is 5.37. The summed E-state index contributed by atoms with van der Waals surface area (Å²) in [6.07, 6.45) is 5.45. The number of hydrogen-bond donors (Lipinski definition) is 1. The van der Waals surface area contributed by atoms with E-state index in [2.05, 4.69) is 39.4 Å². The quantitative estimate of drug-likeness (QED) is 0.861. The van der Waals surface area contributed by atoms with E-state index in [-0.39, 0.29) is 0 Å². The standard InChI is InChI=1S/C16H24N4S/c1-3-6-17-9-13-4-7-20(8-5-13)16-15-14(18-11-19-16)12(2)10-21-15/h10-11,13,17H,3-9H2,1-2H3. The maximum atomic E-state index is 4.55. The van der Waals surface area contributed by atoms with E-state index in [9.17, 15) is 0 Å². The second kappa shape index (κ2) is 6.71. The van der Waals surface area contributed by atoms with Crippen molar-refractivity contribution < 1.29 is 0 Å². The van der Waals surface area contributed by atoms with Gasteiger partial charge in [0.15, 0.2) is 0 Å². The molecule has 0 atom stereocenters. The van der Waals surface area contributed by atoms with Crippen LogP contribution in [-0.4, -0.2) is 36.1 Å². The van der Waals surface area contributed by atoms with Crippen LogP contribution in [0.5, 0.6) is 0 Å². The summed E-state index contributed by atoms with van der Waals surface area (Å²) in [5.41, 5.74) is 2.38. The van der Waals surface area contributed by atoms with Gasteiger partial charge in [0.2, 0.25) is 0 Å². The van der Waals surface area contributed by atoms with Gasteiger partial charge in [-0.25, -0.2) is 9.97 Å². The van der Waals surface area contributed by atoms with Crippen LogP contribution in [-0.2, 0) is 0 Å². The molecule has 0 saturated carbocycles. The van der Waals surface area contributed by atoms with E-state index in [1.54, 1.807) is 17.7 Å². The summed E-state index contributed by atoms with van der Waals surface area (Å²) in [6.45, 7) is 8.88. The molecule has 1 aliphatic heterocycles. The Balaban J connectivity index is 1.66. The molecule has 0 unspecified atom stereocenters. The third kappa shape index (κ3) is 3.19. The Kier molecular flexibility index (Phi) is 4.70. The molecule has 0 radical (unpaired) electrons. The van der Waals surface area contributed by atoms with E-state index in [0.29, 0.717) is 0 Å². The highest BCUT2D eigenvalue weighted by Crippen LogP contribution is 2.32. The predicted molar refractivity (Wildman–Crippen MR) is 90.2 cm³/mol. The molecule has 0 aromatic carbocycles. The largest absolute Gasteiger partial charge is 0.355 e. The fourth-order valence-electron chi connectivity index (χ4n) is 3.01. The normalized spacial score (nSPS) is 16.8. The van der Waals surface area contributed by atoms with Gasteiger partial charge in [-0.15, -0.1) is 11.3 Å². The van der Waals surface area contributed by atoms with Crippen molar-refractivity contribution in [1.29, 1.82) is 0 Å². The number of aromatic nitrogens is 2. The molecule has 0 aliphatic carbocycles. The molecule has 2 aromatic heterocycles. The number of nitrogens with zero attached hydrogens (tertiary/aromatic N) is 3. The lowest BCUT2D eigenvalue weighted by molar-refractivity contribution is 0.383. The van der Waals surface area contributed by atoms with Crippen LogP contribution in [0.25, 0.3) is 10.2 Å². The minimum Gasteiger partial charge on any atom is -0.355 e. The molecule has 1 N–H and O–H groups in total. The van der Waals surface area contributed by atoms with Crippen molar-refractivity contribution in [3.05, 3.63) is 17.3 Å². The van der Waals surface area contributed by atoms with Gasteiger partial charge in [-0.05, 0) is 56.1 Å². The Labute approximate surface area is 130 Å². The molecular formula is C16H24N4S. The fourth-order valence-corrected chi connectivity index (χ4v) is 4.03. The highest BCUT2D eigenvalue weighted by Gasteiger charge is 2.22. The van der Waals surface area contributed by atoms with Crippen LogP contribution in [0.1, 0.15) is 31.7 Å². The van der Waals surface area contributed by atoms with Gasteiger partial charge >= 0.3 is 0 Å². The zero-order valence-corrected chi connectivity index (χ0v) is 13.7. The Morgan fingerprint density at radius 1 is 1.33 bits per heavy atom. The van der Waals surface area contributed by atoms with Crippen LogP contribution in [0.3, 0.4) is 0 Å². The van der Waals surface area contributed by atoms with Gasteiger partial charge in [-0.1, -0.05) is 6.92 Å². The fraction of sp³-hybridized carbons (Fsp3) is 0.625. The second-order valence-corrected chi connectivity index (χ2v) is 6.81. The van der Waals surface area contributed by atoms with Crippen molar-refractivity contribution in [3.8, 4) is 0 Å². The summed E-state index contributed by atoms with van der Waals surface area (Å²) < 4.78 is 1.25. The average Bonchev–Trinajstić information content (AvgIpc) is 2.90. The van der Waals surface area contributed by atoms with Gasteiger partial charge in [0.1, 0.15) is 12.1 Å². The first-order chi connectivity index (χ1) is 10.3. The van der Waals surface area contributed by atoms with E-state index in [1.165, 1.54) is 36.1 Å². The van der Waals surface area contributed by atoms with Crippen molar-refractivity contribution in [2.75, 3.05) is 31.1 Å². The van der Waals surface area contributed by atoms with E-state index < -0.39 is 0 Å². The van der Waals surface area contributed by atoms with Crippen LogP contribution in [0, 0.1) is 12.8 Å². The van der Waals surface area contributed by atoms with Gasteiger partial charge in [-0.3, -0.25) is 0 Å². The number of nitrogens with one attached hydrogen (secondary N) is 1. The van der Waals surface area contributed by atoms with Gasteiger partial charge in [0.25, 0.3) is 0 Å². The predicted octanol–water partition coefficient (Wildman–Crippen LogP) is 3.22. The summed E-state index contributed by atoms with van der Waals surface area (Å²) >= 11 is 1.77. The van der Waals surface area contributed by atoms with Crippen molar-refractivity contribution in [1.82, 2.24) is 15.3 Å². The highest BCUT2D eigenvalue weighted by molar-refractivity contribution is 7.18. The summed E-state index contributed by atoms with van der Waals surface area (Å²) in [6, 6.07) is 0. The minimum absolute atomic E-state index is 0.815. The summed E-state index contributed by atoms with van der Waals surface area (Å²) in [5.74, 6) is 1.95. The lowest BCUT2D eigenvalue weighted by Gasteiger charge is -2.33. The van der Waals surface area contributed by atoms with Gasteiger partial charge in [-0.2, -0.15) is 0 Å². The van der Waals surface area contributed by atoms with E-state index >= 15 is 0 Å². The number of hydrogen-bond acceptors (Lipinski definition) is 5. The molecule has 0 amide bonds. The topological polar surface area (TPSA) is 41.0 Å². The smallest absolute Gasteiger partial charge is 0.150 e. The first-order valence-corrected chi connectivity index (χ1v) is 8.82. The second-order valence-electron chi connectivity index (χ2n) is 5.93. The SMILES string of the molecule is CCCNCC1CCN(c2ncnc3c(C)csc23)CC1. The summed E-state index contributed by atoms with van der Waals surface area (Å²) in [5, 5.41) is 5.74. The van der Waals surface area contributed by atoms with E-state index in [1.807, 2.05) is 0 Å². The zero-order valence-electron chi connectivity index (χ0n) is 12.9. The molecule has 1 aliphatic rings. The van der Waals surface area contributed by atoms with E-state index in [0.717, 1.165) is 36.9 Å². The summed E-state index contributed by atoms with van der Waals surface area (Å²) in [4.78, 5) is 11.4. The Bertz CT molecular complexity index is 587. The molecule has 2 aromatic rings. The van der Waals surface area contributed by atoms with Crippen LogP contribution in [0.15, 0.2) is 11.7 Å². The molecule has 0 bridgehead atoms. The van der Waals surface area contributed by atoms with Crippen molar-refractivity contribution >= 4 is 27.4 Å². The molecular weight excluding hydrogens is 280 g/mol. The number of anilines is 1. The first kappa shape index (κ1) is 14.7. The average molecular weight is 304 g/mol. The van der Waals surface area contributed by atoms with Gasteiger partial charge < -0.3 is 10.2 Å². The zero-order chi connectivity index (χ0) is 14.7.